The van der Waals surface area contributed by atoms with E-state index in [9.17, 15) is 0 Å². The van der Waals surface area contributed by atoms with Gasteiger partial charge < -0.3 is 4.90 Å². The van der Waals surface area contributed by atoms with Crippen LogP contribution in [0.4, 0.5) is 5.69 Å². The lowest BCUT2D eigenvalue weighted by molar-refractivity contribution is 0.214. The first-order valence-corrected chi connectivity index (χ1v) is 12.6. The molecule has 2 unspecified atom stereocenters. The van der Waals surface area contributed by atoms with Crippen molar-refractivity contribution in [3.63, 3.8) is 0 Å². The van der Waals surface area contributed by atoms with Gasteiger partial charge in [-0.05, 0) is 82.1 Å². The molecule has 0 aliphatic carbocycles. The van der Waals surface area contributed by atoms with Crippen molar-refractivity contribution >= 4 is 63.1 Å². The van der Waals surface area contributed by atoms with Crippen LogP contribution in [0.25, 0.3) is 0 Å². The van der Waals surface area contributed by atoms with Crippen LogP contribution in [-0.2, 0) is 0 Å². The van der Waals surface area contributed by atoms with Crippen molar-refractivity contribution in [2.24, 2.45) is 0 Å². The molecule has 6 heteroatoms. The molecule has 0 aromatic heterocycles. The van der Waals surface area contributed by atoms with Gasteiger partial charge in [-0.15, -0.1) is 0 Å². The third-order valence-electron chi connectivity index (χ3n) is 5.91. The summed E-state index contributed by atoms with van der Waals surface area (Å²) in [6.45, 7) is 6.13. The Morgan fingerprint density at radius 3 is 2.26 bits per heavy atom. The number of rotatable bonds is 5. The van der Waals surface area contributed by atoms with E-state index in [-0.39, 0.29) is 6.04 Å². The molecule has 162 valence electrons. The standard InChI is InChI=1S/C25H24Cl3IN2/c1-17(18-4-9-22(29)10-5-18)15-30-12-13-31(24-11-8-21(27)14-23(24)28)25(16-30)19-2-6-20(26)7-3-19/h2-11,14,17,25H,12-13,15-16H2,1H3. The summed E-state index contributed by atoms with van der Waals surface area (Å²) in [6.07, 6.45) is 0. The molecule has 31 heavy (non-hydrogen) atoms. The van der Waals surface area contributed by atoms with E-state index in [0.29, 0.717) is 16.0 Å². The zero-order valence-electron chi connectivity index (χ0n) is 17.2. The molecule has 2 nitrogen and oxygen atoms in total. The Kier molecular flexibility index (Phi) is 7.71. The lowest BCUT2D eigenvalue weighted by Gasteiger charge is -2.44. The lowest BCUT2D eigenvalue weighted by Crippen LogP contribution is -2.49. The van der Waals surface area contributed by atoms with E-state index in [1.165, 1.54) is 14.7 Å². The maximum absolute atomic E-state index is 6.59. The van der Waals surface area contributed by atoms with Crippen molar-refractivity contribution in [2.45, 2.75) is 18.9 Å². The minimum atomic E-state index is 0.189. The summed E-state index contributed by atoms with van der Waals surface area (Å²) in [7, 11) is 0. The number of anilines is 1. The van der Waals surface area contributed by atoms with Gasteiger partial charge in [0.2, 0.25) is 0 Å². The molecule has 1 heterocycles. The van der Waals surface area contributed by atoms with Gasteiger partial charge in [0.1, 0.15) is 0 Å². The van der Waals surface area contributed by atoms with Crippen LogP contribution in [-0.4, -0.2) is 31.1 Å². The normalized spacial score (nSPS) is 18.2. The first-order valence-electron chi connectivity index (χ1n) is 10.4. The molecule has 3 aromatic rings. The van der Waals surface area contributed by atoms with Crippen LogP contribution in [0.2, 0.25) is 15.1 Å². The van der Waals surface area contributed by atoms with Gasteiger partial charge in [0.05, 0.1) is 16.8 Å². The fourth-order valence-corrected chi connectivity index (χ4v) is 5.26. The van der Waals surface area contributed by atoms with Crippen molar-refractivity contribution in [3.05, 3.63) is 96.5 Å². The lowest BCUT2D eigenvalue weighted by atomic mass is 9.97. The van der Waals surface area contributed by atoms with Gasteiger partial charge in [0.25, 0.3) is 0 Å². The fraction of sp³-hybridized carbons (Fsp3) is 0.280. The first kappa shape index (κ1) is 23.2. The van der Waals surface area contributed by atoms with E-state index in [1.54, 1.807) is 0 Å². The highest BCUT2D eigenvalue weighted by atomic mass is 127. The van der Waals surface area contributed by atoms with Gasteiger partial charge in [0.15, 0.2) is 0 Å². The number of benzene rings is 3. The Balaban J connectivity index is 1.58. The van der Waals surface area contributed by atoms with Crippen molar-refractivity contribution in [2.75, 3.05) is 31.1 Å². The Morgan fingerprint density at radius 2 is 1.58 bits per heavy atom. The first-order chi connectivity index (χ1) is 14.9. The smallest absolute Gasteiger partial charge is 0.0670 e. The van der Waals surface area contributed by atoms with E-state index in [4.69, 9.17) is 34.8 Å². The van der Waals surface area contributed by atoms with Crippen molar-refractivity contribution in [3.8, 4) is 0 Å². The molecule has 1 fully saturated rings. The second-order valence-electron chi connectivity index (χ2n) is 8.07. The average Bonchev–Trinajstić information content (AvgIpc) is 2.75. The molecule has 1 aliphatic rings. The van der Waals surface area contributed by atoms with Gasteiger partial charge >= 0.3 is 0 Å². The zero-order valence-corrected chi connectivity index (χ0v) is 21.7. The van der Waals surface area contributed by atoms with Crippen LogP contribution < -0.4 is 4.90 Å². The van der Waals surface area contributed by atoms with Crippen LogP contribution in [0.15, 0.2) is 66.7 Å². The molecule has 1 aliphatic heterocycles. The van der Waals surface area contributed by atoms with Gasteiger partial charge in [-0.3, -0.25) is 4.90 Å². The predicted octanol–water partition coefficient (Wildman–Crippen LogP) is 7.92. The summed E-state index contributed by atoms with van der Waals surface area (Å²) in [4.78, 5) is 4.95. The highest BCUT2D eigenvalue weighted by Gasteiger charge is 2.30. The Morgan fingerprint density at radius 1 is 0.903 bits per heavy atom. The Labute approximate surface area is 213 Å². The maximum atomic E-state index is 6.59. The van der Waals surface area contributed by atoms with Gasteiger partial charge in [0, 0.05) is 39.8 Å². The topological polar surface area (TPSA) is 6.48 Å². The minimum absolute atomic E-state index is 0.189. The average molecular weight is 586 g/mol. The summed E-state index contributed by atoms with van der Waals surface area (Å²) >= 11 is 21.3. The summed E-state index contributed by atoms with van der Waals surface area (Å²) in [5, 5.41) is 2.09. The summed E-state index contributed by atoms with van der Waals surface area (Å²) in [6, 6.07) is 23.0. The van der Waals surface area contributed by atoms with Gasteiger partial charge in [-0.2, -0.15) is 0 Å². The summed E-state index contributed by atoms with van der Waals surface area (Å²) < 4.78 is 1.27. The van der Waals surface area contributed by atoms with E-state index < -0.39 is 0 Å². The Hall–Kier alpha value is -0.980. The molecular formula is C25H24Cl3IN2. The minimum Gasteiger partial charge on any atom is -0.361 e. The number of hydrogen-bond donors (Lipinski definition) is 0. The molecular weight excluding hydrogens is 562 g/mol. The monoisotopic (exact) mass is 584 g/mol. The van der Waals surface area contributed by atoms with E-state index in [1.807, 2.05) is 30.3 Å². The quantitative estimate of drug-likeness (QED) is 0.281. The van der Waals surface area contributed by atoms with Crippen LogP contribution in [0.5, 0.6) is 0 Å². The SMILES string of the molecule is CC(CN1CCN(c2ccc(Cl)cc2Cl)C(c2ccc(Cl)cc2)C1)c1ccc(I)cc1. The zero-order chi connectivity index (χ0) is 22.0. The third kappa shape index (κ3) is 5.69. The van der Waals surface area contributed by atoms with Crippen molar-refractivity contribution in [1.29, 1.82) is 0 Å². The molecule has 3 aromatic carbocycles. The molecule has 0 amide bonds. The van der Waals surface area contributed by atoms with Crippen LogP contribution in [0, 0.1) is 3.57 Å². The molecule has 0 radical (unpaired) electrons. The van der Waals surface area contributed by atoms with Crippen LogP contribution in [0.3, 0.4) is 0 Å². The van der Waals surface area contributed by atoms with E-state index in [2.05, 4.69) is 75.7 Å². The van der Waals surface area contributed by atoms with Gasteiger partial charge in [-0.25, -0.2) is 0 Å². The summed E-state index contributed by atoms with van der Waals surface area (Å²) in [5.74, 6) is 0.466. The number of halogens is 4. The van der Waals surface area contributed by atoms with Gasteiger partial charge in [-0.1, -0.05) is 66.0 Å². The van der Waals surface area contributed by atoms with Crippen molar-refractivity contribution < 1.29 is 0 Å². The largest absolute Gasteiger partial charge is 0.361 e. The van der Waals surface area contributed by atoms with E-state index >= 15 is 0 Å². The molecule has 1 saturated heterocycles. The highest BCUT2D eigenvalue weighted by molar-refractivity contribution is 14.1. The molecule has 0 N–H and O–H groups in total. The molecule has 0 bridgehead atoms. The molecule has 0 saturated carbocycles. The number of nitrogens with zero attached hydrogens (tertiary/aromatic N) is 2. The van der Waals surface area contributed by atoms with E-state index in [0.717, 1.165) is 36.9 Å². The second-order valence-corrected chi connectivity index (χ2v) is 10.6. The molecule has 4 rings (SSSR count). The predicted molar refractivity (Wildman–Crippen MR) is 142 cm³/mol. The van der Waals surface area contributed by atoms with Crippen molar-refractivity contribution in [1.82, 2.24) is 4.90 Å². The van der Waals surface area contributed by atoms with Crippen LogP contribution in [0.1, 0.15) is 30.0 Å². The van der Waals surface area contributed by atoms with Crippen LogP contribution >= 0.6 is 57.4 Å². The third-order valence-corrected chi connectivity index (χ3v) is 7.42. The number of piperazine rings is 1. The Bertz CT molecular complexity index is 1020. The fourth-order valence-electron chi connectivity index (χ4n) is 4.26. The molecule has 0 spiro atoms. The summed E-state index contributed by atoms with van der Waals surface area (Å²) in [5.41, 5.74) is 3.64. The highest BCUT2D eigenvalue weighted by Crippen LogP contribution is 2.37. The number of hydrogen-bond acceptors (Lipinski definition) is 2. The maximum Gasteiger partial charge on any atom is 0.0670 e. The second kappa shape index (κ2) is 10.3. The molecule has 2 atom stereocenters.